The predicted molar refractivity (Wildman–Crippen MR) is 95.0 cm³/mol. The van der Waals surface area contributed by atoms with Crippen LogP contribution in [0.15, 0.2) is 47.4 Å². The van der Waals surface area contributed by atoms with Gasteiger partial charge in [-0.1, -0.05) is 50.6 Å². The number of ether oxygens (including phenoxy) is 1. The highest BCUT2D eigenvalue weighted by Crippen LogP contribution is 2.37. The van der Waals surface area contributed by atoms with E-state index in [4.69, 9.17) is 26.3 Å². The second-order valence-corrected chi connectivity index (χ2v) is 8.47. The fourth-order valence-electron chi connectivity index (χ4n) is 1.80. The van der Waals surface area contributed by atoms with Crippen molar-refractivity contribution in [2.24, 2.45) is 5.41 Å². The summed E-state index contributed by atoms with van der Waals surface area (Å²) in [5.74, 6) is 0.309. The summed E-state index contributed by atoms with van der Waals surface area (Å²) in [4.78, 5) is -0.0754. The zero-order chi connectivity index (χ0) is 18.0. The number of benzene rings is 2. The summed E-state index contributed by atoms with van der Waals surface area (Å²) in [5.41, 5.74) is 5.87. The van der Waals surface area contributed by atoms with Gasteiger partial charge in [-0.3, -0.25) is 4.18 Å². The lowest BCUT2D eigenvalue weighted by atomic mass is 9.99. The number of nitrogens with two attached hydrogens (primary N) is 1. The molecule has 0 atom stereocenters. The zero-order valence-corrected chi connectivity index (χ0v) is 15.3. The van der Waals surface area contributed by atoms with E-state index in [-0.39, 0.29) is 33.4 Å². The number of para-hydroxylation sites is 2. The van der Waals surface area contributed by atoms with Gasteiger partial charge in [0, 0.05) is 0 Å². The highest BCUT2D eigenvalue weighted by molar-refractivity contribution is 7.86. The third-order valence-electron chi connectivity index (χ3n) is 2.98. The lowest BCUT2D eigenvalue weighted by molar-refractivity contribution is 0.203. The van der Waals surface area contributed by atoms with Crippen molar-refractivity contribution in [2.75, 3.05) is 12.3 Å². The van der Waals surface area contributed by atoms with Gasteiger partial charge in [0.15, 0.2) is 5.75 Å². The van der Waals surface area contributed by atoms with Crippen molar-refractivity contribution in [3.63, 3.8) is 0 Å². The van der Waals surface area contributed by atoms with Crippen LogP contribution in [0.3, 0.4) is 0 Å². The van der Waals surface area contributed by atoms with E-state index in [0.29, 0.717) is 5.69 Å². The number of hydrogen-bond donors (Lipinski definition) is 1. The van der Waals surface area contributed by atoms with Gasteiger partial charge in [-0.2, -0.15) is 8.42 Å². The van der Waals surface area contributed by atoms with E-state index in [1.807, 2.05) is 20.8 Å². The first kappa shape index (κ1) is 18.6. The van der Waals surface area contributed by atoms with Crippen molar-refractivity contribution in [1.82, 2.24) is 0 Å². The fraction of sp³-hybridized carbons (Fsp3) is 0.294. The summed E-state index contributed by atoms with van der Waals surface area (Å²) in [6.45, 7) is 5.71. The molecule has 0 aliphatic rings. The Kier molecular flexibility index (Phi) is 5.42. The van der Waals surface area contributed by atoms with E-state index < -0.39 is 10.1 Å². The van der Waals surface area contributed by atoms with Gasteiger partial charge in [-0.05, 0) is 29.7 Å². The molecule has 0 aromatic heterocycles. The minimum atomic E-state index is -3.98. The summed E-state index contributed by atoms with van der Waals surface area (Å²) in [6.07, 6.45) is 0. The maximum Gasteiger partial charge on any atom is 0.300 e. The molecular weight excluding hydrogens is 350 g/mol. The molecule has 2 aromatic rings. The van der Waals surface area contributed by atoms with Crippen LogP contribution in [0.5, 0.6) is 11.5 Å². The second kappa shape index (κ2) is 7.01. The van der Waals surface area contributed by atoms with Crippen molar-refractivity contribution in [1.29, 1.82) is 0 Å². The Morgan fingerprint density at radius 2 is 1.75 bits per heavy atom. The van der Waals surface area contributed by atoms with Gasteiger partial charge in [-0.15, -0.1) is 0 Å². The topological polar surface area (TPSA) is 78.6 Å². The first-order valence-corrected chi connectivity index (χ1v) is 9.09. The molecule has 0 radical (unpaired) electrons. The van der Waals surface area contributed by atoms with Crippen molar-refractivity contribution in [3.05, 3.63) is 47.5 Å². The van der Waals surface area contributed by atoms with Crippen LogP contribution < -0.4 is 10.5 Å². The van der Waals surface area contributed by atoms with Crippen LogP contribution in [0.25, 0.3) is 0 Å². The molecule has 0 heterocycles. The quantitative estimate of drug-likeness (QED) is 0.621. The second-order valence-electron chi connectivity index (χ2n) is 6.48. The first-order chi connectivity index (χ1) is 11.1. The van der Waals surface area contributed by atoms with Crippen molar-refractivity contribution < 1.29 is 17.3 Å². The predicted octanol–water partition coefficient (Wildman–Crippen LogP) is 4.47. The number of rotatable bonds is 5. The van der Waals surface area contributed by atoms with Crippen LogP contribution in [-0.4, -0.2) is 15.0 Å². The summed E-state index contributed by atoms with van der Waals surface area (Å²) < 4.78 is 35.8. The molecule has 0 bridgehead atoms. The molecule has 130 valence electrons. The third-order valence-corrected chi connectivity index (χ3v) is 4.58. The molecule has 7 heteroatoms. The zero-order valence-electron chi connectivity index (χ0n) is 13.7. The smallest absolute Gasteiger partial charge is 0.300 e. The Labute approximate surface area is 147 Å². The van der Waals surface area contributed by atoms with Gasteiger partial charge >= 0.3 is 10.1 Å². The molecule has 5 nitrogen and oxygen atoms in total. The van der Waals surface area contributed by atoms with Gasteiger partial charge in [0.25, 0.3) is 0 Å². The molecule has 2 N–H and O–H groups in total. The number of anilines is 1. The maximum absolute atomic E-state index is 12.5. The molecule has 2 aromatic carbocycles. The van der Waals surface area contributed by atoms with E-state index in [2.05, 4.69) is 0 Å². The minimum absolute atomic E-state index is 0.0535. The van der Waals surface area contributed by atoms with E-state index in [1.54, 1.807) is 30.3 Å². The summed E-state index contributed by atoms with van der Waals surface area (Å²) in [6, 6.07) is 11.1. The summed E-state index contributed by atoms with van der Waals surface area (Å²) in [5, 5.41) is 0.290. The van der Waals surface area contributed by atoms with Crippen LogP contribution in [0.1, 0.15) is 20.8 Å². The first-order valence-electron chi connectivity index (χ1n) is 7.30. The summed E-state index contributed by atoms with van der Waals surface area (Å²) in [7, 11) is -3.98. The SMILES string of the molecule is CC(C)(C)COS(=O)(=O)c1ccccc1Oc1c(N)cccc1Cl. The van der Waals surface area contributed by atoms with Gasteiger partial charge in [0.1, 0.15) is 10.6 Å². The average molecular weight is 370 g/mol. The average Bonchev–Trinajstić information content (AvgIpc) is 2.49. The highest BCUT2D eigenvalue weighted by Gasteiger charge is 2.24. The Morgan fingerprint density at radius 1 is 1.08 bits per heavy atom. The third kappa shape index (κ3) is 4.63. The normalized spacial score (nSPS) is 12.2. The maximum atomic E-state index is 12.5. The molecule has 24 heavy (non-hydrogen) atoms. The Hall–Kier alpha value is -1.76. The molecule has 0 saturated carbocycles. The lowest BCUT2D eigenvalue weighted by Crippen LogP contribution is -2.19. The fourth-order valence-corrected chi connectivity index (χ4v) is 3.26. The molecule has 0 saturated heterocycles. The molecule has 0 unspecified atom stereocenters. The lowest BCUT2D eigenvalue weighted by Gasteiger charge is -2.19. The number of nitrogen functional groups attached to an aromatic ring is 1. The Balaban J connectivity index is 2.37. The van der Waals surface area contributed by atoms with Crippen molar-refractivity contribution in [3.8, 4) is 11.5 Å². The van der Waals surface area contributed by atoms with Crippen molar-refractivity contribution >= 4 is 27.4 Å². The van der Waals surface area contributed by atoms with Gasteiger partial charge in [0.05, 0.1) is 17.3 Å². The van der Waals surface area contributed by atoms with E-state index in [9.17, 15) is 8.42 Å². The molecule has 0 spiro atoms. The van der Waals surface area contributed by atoms with Crippen LogP contribution in [0.2, 0.25) is 5.02 Å². The molecule has 0 amide bonds. The molecule has 0 aliphatic heterocycles. The molecule has 0 fully saturated rings. The minimum Gasteiger partial charge on any atom is -0.452 e. The highest BCUT2D eigenvalue weighted by atomic mass is 35.5. The van der Waals surface area contributed by atoms with E-state index in [0.717, 1.165) is 0 Å². The van der Waals surface area contributed by atoms with Gasteiger partial charge in [0.2, 0.25) is 0 Å². The number of halogens is 1. The Bertz CT molecular complexity index is 808. The van der Waals surface area contributed by atoms with Crippen LogP contribution in [0, 0.1) is 5.41 Å². The largest absolute Gasteiger partial charge is 0.452 e. The molecule has 2 rings (SSSR count). The standard InChI is InChI=1S/C17H20ClNO4S/c1-17(2,3)11-22-24(20,21)15-10-5-4-9-14(15)23-16-12(18)7-6-8-13(16)19/h4-10H,11,19H2,1-3H3. The molecule has 0 aliphatic carbocycles. The number of hydrogen-bond acceptors (Lipinski definition) is 5. The Morgan fingerprint density at radius 3 is 2.38 bits per heavy atom. The summed E-state index contributed by atoms with van der Waals surface area (Å²) >= 11 is 6.08. The van der Waals surface area contributed by atoms with Crippen molar-refractivity contribution in [2.45, 2.75) is 25.7 Å². The monoisotopic (exact) mass is 369 g/mol. The van der Waals surface area contributed by atoms with Crippen LogP contribution in [0.4, 0.5) is 5.69 Å². The van der Waals surface area contributed by atoms with Crippen LogP contribution >= 0.6 is 11.6 Å². The van der Waals surface area contributed by atoms with E-state index in [1.165, 1.54) is 12.1 Å². The van der Waals surface area contributed by atoms with Gasteiger partial charge in [-0.25, -0.2) is 0 Å². The van der Waals surface area contributed by atoms with E-state index >= 15 is 0 Å². The molecular formula is C17H20ClNO4S. The van der Waals surface area contributed by atoms with Gasteiger partial charge < -0.3 is 10.5 Å². The van der Waals surface area contributed by atoms with Crippen LogP contribution in [-0.2, 0) is 14.3 Å².